The third-order valence-corrected chi connectivity index (χ3v) is 5.82. The van der Waals surface area contributed by atoms with E-state index >= 15 is 0 Å². The van der Waals surface area contributed by atoms with Crippen molar-refractivity contribution in [2.45, 2.75) is 18.9 Å². The lowest BCUT2D eigenvalue weighted by Gasteiger charge is -2.31. The van der Waals surface area contributed by atoms with Crippen molar-refractivity contribution in [1.29, 1.82) is 0 Å². The van der Waals surface area contributed by atoms with E-state index < -0.39 is 34.6 Å². The fourth-order valence-corrected chi connectivity index (χ4v) is 3.54. The van der Waals surface area contributed by atoms with Gasteiger partial charge in [0.25, 0.3) is 0 Å². The van der Waals surface area contributed by atoms with E-state index in [0.717, 1.165) is 5.39 Å². The van der Waals surface area contributed by atoms with Crippen LogP contribution in [-0.2, 0) is 20.4 Å². The first-order valence-electron chi connectivity index (χ1n) is 8.44. The minimum absolute atomic E-state index is 0.168. The third kappa shape index (κ3) is 3.88. The van der Waals surface area contributed by atoms with E-state index in [4.69, 9.17) is 0 Å². The standard InChI is InChI=1S/C16H20N6O5S/c1-2-28(26,27)21-8-16(9-23,5-13(24)25)22-7-11(6-20-22)14-12-3-4-17-15(12)19-10-18-14/h3-4,6-7,10,21,23H,2,5,8-9H2,1H3,(H,24,25)(H,17,18,19). The largest absolute Gasteiger partial charge is 0.481 e. The van der Waals surface area contributed by atoms with Gasteiger partial charge in [-0.1, -0.05) is 0 Å². The highest BCUT2D eigenvalue weighted by molar-refractivity contribution is 7.89. The normalized spacial score (nSPS) is 14.2. The van der Waals surface area contributed by atoms with Crippen LogP contribution >= 0.6 is 0 Å². The molecule has 0 radical (unpaired) electrons. The predicted octanol–water partition coefficient (Wildman–Crippen LogP) is -0.0770. The first-order valence-corrected chi connectivity index (χ1v) is 10.1. The molecule has 0 saturated carbocycles. The van der Waals surface area contributed by atoms with E-state index in [2.05, 4.69) is 24.8 Å². The van der Waals surface area contributed by atoms with Gasteiger partial charge in [-0.25, -0.2) is 23.1 Å². The van der Waals surface area contributed by atoms with Gasteiger partial charge in [-0.2, -0.15) is 5.10 Å². The van der Waals surface area contributed by atoms with Crippen molar-refractivity contribution in [2.24, 2.45) is 0 Å². The second-order valence-electron chi connectivity index (χ2n) is 6.31. The number of nitrogens with one attached hydrogen (secondary N) is 2. The summed E-state index contributed by atoms with van der Waals surface area (Å²) in [5.74, 6) is -1.37. The van der Waals surface area contributed by atoms with Crippen LogP contribution in [0.1, 0.15) is 13.3 Å². The van der Waals surface area contributed by atoms with Gasteiger partial charge in [0.05, 0.1) is 30.7 Å². The molecule has 0 spiro atoms. The summed E-state index contributed by atoms with van der Waals surface area (Å²) in [6, 6.07) is 1.80. The number of carboxylic acid groups (broad SMARTS) is 1. The van der Waals surface area contributed by atoms with Crippen molar-refractivity contribution in [3.8, 4) is 11.3 Å². The van der Waals surface area contributed by atoms with Crippen LogP contribution in [0.4, 0.5) is 0 Å². The molecule has 0 aromatic carbocycles. The number of aliphatic hydroxyl groups is 1. The third-order valence-electron chi connectivity index (χ3n) is 4.47. The number of nitrogens with zero attached hydrogens (tertiary/aromatic N) is 4. The van der Waals surface area contributed by atoms with E-state index in [1.165, 1.54) is 30.3 Å². The van der Waals surface area contributed by atoms with Gasteiger partial charge in [0.1, 0.15) is 17.5 Å². The highest BCUT2D eigenvalue weighted by Gasteiger charge is 2.36. The molecule has 12 heteroatoms. The molecule has 28 heavy (non-hydrogen) atoms. The Morgan fingerprint density at radius 3 is 2.86 bits per heavy atom. The number of fused-ring (bicyclic) bond motifs is 1. The maximum atomic E-state index is 11.8. The van der Waals surface area contributed by atoms with Crippen molar-refractivity contribution < 1.29 is 23.4 Å². The molecule has 1 atom stereocenters. The summed E-state index contributed by atoms with van der Waals surface area (Å²) < 4.78 is 27.3. The van der Waals surface area contributed by atoms with Crippen LogP contribution in [0.5, 0.6) is 0 Å². The number of hydrogen-bond donors (Lipinski definition) is 4. The summed E-state index contributed by atoms with van der Waals surface area (Å²) in [6.07, 6.45) is 5.59. The zero-order valence-electron chi connectivity index (χ0n) is 15.0. The molecule has 4 N–H and O–H groups in total. The molecule has 11 nitrogen and oxygen atoms in total. The van der Waals surface area contributed by atoms with Crippen LogP contribution in [-0.4, -0.2) is 68.2 Å². The van der Waals surface area contributed by atoms with Gasteiger partial charge >= 0.3 is 5.97 Å². The topological polar surface area (TPSA) is 163 Å². The van der Waals surface area contributed by atoms with E-state index in [1.54, 1.807) is 12.3 Å². The van der Waals surface area contributed by atoms with Gasteiger partial charge in [-0.3, -0.25) is 9.48 Å². The monoisotopic (exact) mass is 408 g/mol. The van der Waals surface area contributed by atoms with Crippen molar-refractivity contribution >= 4 is 27.0 Å². The fraction of sp³-hybridized carbons (Fsp3) is 0.375. The summed E-state index contributed by atoms with van der Waals surface area (Å²) >= 11 is 0. The summed E-state index contributed by atoms with van der Waals surface area (Å²) in [5.41, 5.74) is 0.297. The lowest BCUT2D eigenvalue weighted by atomic mass is 9.96. The number of hydrogen-bond acceptors (Lipinski definition) is 7. The summed E-state index contributed by atoms with van der Waals surface area (Å²) in [4.78, 5) is 22.7. The average molecular weight is 408 g/mol. The molecule has 3 rings (SSSR count). The second kappa shape index (κ2) is 7.66. The quantitative estimate of drug-likeness (QED) is 0.382. The Balaban J connectivity index is 2.01. The molecular formula is C16H20N6O5S. The SMILES string of the molecule is CCS(=O)(=O)NCC(CO)(CC(=O)O)n1cc(-c2ncnc3[nH]ccc23)cn1. The van der Waals surface area contributed by atoms with Gasteiger partial charge in [0, 0.05) is 29.9 Å². The number of carboxylic acids is 1. The zero-order valence-corrected chi connectivity index (χ0v) is 15.8. The molecule has 0 aliphatic carbocycles. The van der Waals surface area contributed by atoms with Gasteiger partial charge in [-0.05, 0) is 13.0 Å². The minimum Gasteiger partial charge on any atom is -0.481 e. The zero-order chi connectivity index (χ0) is 20.4. The molecule has 0 aliphatic rings. The van der Waals surface area contributed by atoms with E-state index in [1.807, 2.05) is 0 Å². The van der Waals surface area contributed by atoms with Gasteiger partial charge in [0.15, 0.2) is 0 Å². The highest BCUT2D eigenvalue weighted by Crippen LogP contribution is 2.27. The average Bonchev–Trinajstić information content (AvgIpc) is 3.34. The van der Waals surface area contributed by atoms with Crippen LogP contribution in [0.2, 0.25) is 0 Å². The molecular weight excluding hydrogens is 388 g/mol. The number of rotatable bonds is 9. The maximum Gasteiger partial charge on any atom is 0.305 e. The van der Waals surface area contributed by atoms with Crippen molar-refractivity contribution in [3.05, 3.63) is 31.0 Å². The minimum atomic E-state index is -3.59. The molecule has 3 aromatic heterocycles. The van der Waals surface area contributed by atoms with Crippen LogP contribution in [0, 0.1) is 0 Å². The summed E-state index contributed by atoms with van der Waals surface area (Å²) in [5, 5.41) is 24.2. The first kappa shape index (κ1) is 19.9. The number of H-pyrrole nitrogens is 1. The molecule has 0 aliphatic heterocycles. The molecule has 0 saturated heterocycles. The van der Waals surface area contributed by atoms with E-state index in [-0.39, 0.29) is 12.3 Å². The molecule has 3 heterocycles. The fourth-order valence-electron chi connectivity index (χ4n) is 2.84. The van der Waals surface area contributed by atoms with Crippen molar-refractivity contribution in [2.75, 3.05) is 18.9 Å². The molecule has 1 unspecified atom stereocenters. The first-order chi connectivity index (χ1) is 13.3. The number of aromatic amines is 1. The lowest BCUT2D eigenvalue weighted by molar-refractivity contribution is -0.140. The molecule has 3 aromatic rings. The van der Waals surface area contributed by atoms with E-state index in [0.29, 0.717) is 16.9 Å². The number of aliphatic carboxylic acids is 1. The van der Waals surface area contributed by atoms with E-state index in [9.17, 15) is 23.4 Å². The van der Waals surface area contributed by atoms with Crippen LogP contribution in [0.25, 0.3) is 22.3 Å². The number of aromatic nitrogens is 5. The Morgan fingerprint density at radius 1 is 1.39 bits per heavy atom. The number of sulfonamides is 1. The van der Waals surface area contributed by atoms with Gasteiger partial charge in [-0.15, -0.1) is 0 Å². The number of carbonyl (C=O) groups is 1. The van der Waals surface area contributed by atoms with Crippen molar-refractivity contribution in [3.63, 3.8) is 0 Å². The van der Waals surface area contributed by atoms with Crippen LogP contribution in [0.15, 0.2) is 31.0 Å². The van der Waals surface area contributed by atoms with Crippen molar-refractivity contribution in [1.82, 2.24) is 29.5 Å². The van der Waals surface area contributed by atoms with Crippen LogP contribution in [0.3, 0.4) is 0 Å². The molecule has 0 amide bonds. The number of aliphatic hydroxyl groups excluding tert-OH is 1. The lowest BCUT2D eigenvalue weighted by Crippen LogP contribution is -2.49. The highest BCUT2D eigenvalue weighted by atomic mass is 32.2. The maximum absolute atomic E-state index is 11.8. The predicted molar refractivity (Wildman–Crippen MR) is 99.9 cm³/mol. The Hall–Kier alpha value is -2.83. The summed E-state index contributed by atoms with van der Waals surface area (Å²) in [6.45, 7) is 0.510. The van der Waals surface area contributed by atoms with Gasteiger partial charge < -0.3 is 15.2 Å². The molecule has 0 bridgehead atoms. The molecule has 150 valence electrons. The van der Waals surface area contributed by atoms with Gasteiger partial charge in [0.2, 0.25) is 10.0 Å². The Kier molecular flexibility index (Phi) is 5.45. The smallest absolute Gasteiger partial charge is 0.305 e. The Bertz CT molecular complexity index is 1090. The van der Waals surface area contributed by atoms with Crippen LogP contribution < -0.4 is 4.72 Å². The second-order valence-corrected chi connectivity index (χ2v) is 8.41. The summed E-state index contributed by atoms with van der Waals surface area (Å²) in [7, 11) is -3.59. The Labute approximate surface area is 160 Å². The molecule has 0 fully saturated rings. The Morgan fingerprint density at radius 2 is 2.18 bits per heavy atom.